The minimum Gasteiger partial charge on any atom is -0.790 e. The van der Waals surface area contributed by atoms with E-state index >= 15 is 0 Å². The van der Waals surface area contributed by atoms with Gasteiger partial charge in [-0.15, -0.1) is 0 Å². The van der Waals surface area contributed by atoms with Crippen LogP contribution in [0.4, 0.5) is 0 Å². The third-order valence-corrected chi connectivity index (χ3v) is 2.76. The van der Waals surface area contributed by atoms with E-state index < -0.39 is 53.0 Å². The molecule has 0 bridgehead atoms. The first kappa shape index (κ1) is 24.3. The van der Waals surface area contributed by atoms with E-state index in [2.05, 4.69) is 9.05 Å². The van der Waals surface area contributed by atoms with Crippen LogP contribution in [0.15, 0.2) is 0 Å². The Balaban J connectivity index is 0. The molecule has 12 nitrogen and oxygen atoms in total. The molecule has 0 rings (SSSR count). The molecule has 0 saturated carbocycles. The predicted molar refractivity (Wildman–Crippen MR) is 60.3 cm³/mol. The maximum Gasteiger partial charge on any atom is 2.00 e. The standard InChI is InChI=1S/C6H14O12P2.Ca/c7-3(1-17-19(11,12)13)5(9)6(10)4(8)2-18-20(14,15)16;/h3,5-7,9-10H,1-2H2,(H2,11,12,13)(H2,14,15,16);/q;+2/p-2/t3-,5-,6-;/m0./s1. The van der Waals surface area contributed by atoms with Crippen LogP contribution in [0.1, 0.15) is 0 Å². The van der Waals surface area contributed by atoms with Crippen molar-refractivity contribution >= 4 is 59.2 Å². The van der Waals surface area contributed by atoms with Crippen LogP contribution < -0.4 is 9.79 Å². The summed E-state index contributed by atoms with van der Waals surface area (Å²) >= 11 is 0. The summed E-state index contributed by atoms with van der Waals surface area (Å²) in [5.74, 6) is -1.40. The fourth-order valence-corrected chi connectivity index (χ4v) is 1.53. The van der Waals surface area contributed by atoms with Crippen LogP contribution in [0, 0.1) is 0 Å². The zero-order valence-corrected chi connectivity index (χ0v) is 14.3. The molecule has 120 valence electrons. The number of phosphoric ester groups is 2. The number of carbonyl (C=O) groups excluding carboxylic acids is 1. The molecule has 0 aliphatic rings. The molecular formula is C6H12CaO12P2. The summed E-state index contributed by atoms with van der Waals surface area (Å²) in [4.78, 5) is 47.9. The van der Waals surface area contributed by atoms with Gasteiger partial charge in [0, 0.05) is 0 Å². The summed E-state index contributed by atoms with van der Waals surface area (Å²) in [5, 5.41) is 27.6. The number of aliphatic hydroxyl groups is 3. The normalized spacial score (nSPS) is 16.7. The average Bonchev–Trinajstić information content (AvgIpc) is 2.29. The maximum atomic E-state index is 11.1. The molecule has 0 spiro atoms. The molecule has 0 aromatic rings. The molecule has 21 heavy (non-hydrogen) atoms. The van der Waals surface area contributed by atoms with E-state index in [1.54, 1.807) is 0 Å². The molecular weight excluding hydrogens is 366 g/mol. The van der Waals surface area contributed by atoms with Gasteiger partial charge in [0.25, 0.3) is 0 Å². The van der Waals surface area contributed by atoms with Gasteiger partial charge in [0.05, 0.1) is 14.4 Å². The van der Waals surface area contributed by atoms with Crippen LogP contribution >= 0.6 is 15.6 Å². The van der Waals surface area contributed by atoms with Gasteiger partial charge >= 0.3 is 45.6 Å². The Labute approximate surface area is 148 Å². The number of ketones is 1. The van der Waals surface area contributed by atoms with E-state index in [0.29, 0.717) is 0 Å². The second kappa shape index (κ2) is 10.0. The minimum absolute atomic E-state index is 0. The number of Topliss-reactive ketones (excluding diaryl/α,β-unsaturated/α-hetero) is 1. The van der Waals surface area contributed by atoms with Crippen LogP contribution in [0.5, 0.6) is 0 Å². The van der Waals surface area contributed by atoms with Gasteiger partial charge in [0.2, 0.25) is 0 Å². The predicted octanol–water partition coefficient (Wildman–Crippen LogP) is -4.79. The molecule has 3 atom stereocenters. The molecule has 0 heterocycles. The number of rotatable bonds is 9. The van der Waals surface area contributed by atoms with E-state index in [-0.39, 0.29) is 37.7 Å². The first-order valence-electron chi connectivity index (χ1n) is 4.77. The Bertz CT molecular complexity index is 416. The van der Waals surface area contributed by atoms with Crippen molar-refractivity contribution < 1.29 is 57.9 Å². The maximum absolute atomic E-state index is 11.1. The molecule has 0 amide bonds. The molecule has 0 unspecified atom stereocenters. The SMILES string of the molecule is O=C(COP(=O)(O)O)[C@H](O)[C@@H](O)[C@@H](O)COP(=O)([O-])[O-].[Ca+2]. The smallest absolute Gasteiger partial charge is 0.790 e. The monoisotopic (exact) mass is 378 g/mol. The molecule has 5 N–H and O–H groups in total. The molecule has 0 aliphatic heterocycles. The van der Waals surface area contributed by atoms with E-state index in [1.165, 1.54) is 0 Å². The van der Waals surface area contributed by atoms with Gasteiger partial charge in [0.1, 0.15) is 24.9 Å². The van der Waals surface area contributed by atoms with Crippen LogP contribution in [0.2, 0.25) is 0 Å². The Morgan fingerprint density at radius 3 is 1.95 bits per heavy atom. The van der Waals surface area contributed by atoms with Crippen LogP contribution in [-0.2, 0) is 23.0 Å². The molecule has 0 fully saturated rings. The van der Waals surface area contributed by atoms with Crippen molar-refractivity contribution in [3.63, 3.8) is 0 Å². The van der Waals surface area contributed by atoms with Crippen molar-refractivity contribution in [1.82, 2.24) is 0 Å². The van der Waals surface area contributed by atoms with E-state index in [9.17, 15) is 33.9 Å². The van der Waals surface area contributed by atoms with Gasteiger partial charge in [-0.2, -0.15) is 0 Å². The Morgan fingerprint density at radius 1 is 1.10 bits per heavy atom. The Kier molecular flexibility index (Phi) is 11.6. The fourth-order valence-electron chi connectivity index (χ4n) is 0.900. The van der Waals surface area contributed by atoms with Gasteiger partial charge in [-0.05, 0) is 0 Å². The summed E-state index contributed by atoms with van der Waals surface area (Å²) in [6.07, 6.45) is -6.70. The Hall–Kier alpha value is 1.03. The third-order valence-electron chi connectivity index (χ3n) is 1.83. The van der Waals surface area contributed by atoms with Crippen LogP contribution in [-0.4, -0.2) is 100 Å². The molecule has 0 saturated heterocycles. The number of hydrogen-bond donors (Lipinski definition) is 5. The minimum atomic E-state index is -5.41. The van der Waals surface area contributed by atoms with Gasteiger partial charge in [-0.1, -0.05) is 0 Å². The number of phosphoric acid groups is 2. The fraction of sp³-hybridized carbons (Fsp3) is 0.833. The molecule has 0 aromatic carbocycles. The van der Waals surface area contributed by atoms with Crippen LogP contribution in [0.25, 0.3) is 0 Å². The number of hydrogen-bond acceptors (Lipinski definition) is 10. The summed E-state index contributed by atoms with van der Waals surface area (Å²) < 4.78 is 27.7. The number of carbonyl (C=O) groups is 1. The first-order valence-corrected chi connectivity index (χ1v) is 7.76. The summed E-state index contributed by atoms with van der Waals surface area (Å²) in [6.45, 7) is -2.48. The summed E-state index contributed by atoms with van der Waals surface area (Å²) in [6, 6.07) is 0. The summed E-state index contributed by atoms with van der Waals surface area (Å²) in [7, 11) is -10.4. The van der Waals surface area contributed by atoms with Gasteiger partial charge < -0.3 is 44.0 Å². The van der Waals surface area contributed by atoms with Crippen molar-refractivity contribution in [2.45, 2.75) is 18.3 Å². The average molecular weight is 378 g/mol. The van der Waals surface area contributed by atoms with Crippen molar-refractivity contribution in [3.8, 4) is 0 Å². The van der Waals surface area contributed by atoms with Crippen molar-refractivity contribution in [3.05, 3.63) is 0 Å². The topological polar surface area (TPSA) is 217 Å². The molecule has 0 aromatic heterocycles. The first-order chi connectivity index (χ1) is 8.83. The van der Waals surface area contributed by atoms with Crippen molar-refractivity contribution in [2.24, 2.45) is 0 Å². The van der Waals surface area contributed by atoms with Gasteiger partial charge in [-0.3, -0.25) is 9.32 Å². The van der Waals surface area contributed by atoms with Crippen LogP contribution in [0.3, 0.4) is 0 Å². The van der Waals surface area contributed by atoms with Gasteiger partial charge in [-0.25, -0.2) is 4.57 Å². The second-order valence-electron chi connectivity index (χ2n) is 3.48. The van der Waals surface area contributed by atoms with Crippen molar-refractivity contribution in [1.29, 1.82) is 0 Å². The quantitative estimate of drug-likeness (QED) is 0.189. The van der Waals surface area contributed by atoms with E-state index in [0.717, 1.165) is 0 Å². The van der Waals surface area contributed by atoms with E-state index in [1.807, 2.05) is 0 Å². The van der Waals surface area contributed by atoms with Gasteiger partial charge in [0.15, 0.2) is 5.78 Å². The zero-order valence-electron chi connectivity index (χ0n) is 10.3. The summed E-state index contributed by atoms with van der Waals surface area (Å²) in [5.41, 5.74) is 0. The van der Waals surface area contributed by atoms with E-state index in [4.69, 9.17) is 14.9 Å². The molecule has 15 heteroatoms. The molecule has 0 radical (unpaired) electrons. The number of aliphatic hydroxyl groups excluding tert-OH is 3. The Morgan fingerprint density at radius 2 is 1.57 bits per heavy atom. The zero-order chi connectivity index (χ0) is 16.1. The molecule has 0 aliphatic carbocycles. The van der Waals surface area contributed by atoms with Crippen molar-refractivity contribution in [2.75, 3.05) is 13.2 Å². The second-order valence-corrected chi connectivity index (χ2v) is 5.87. The largest absolute Gasteiger partial charge is 2.00 e. The third kappa shape index (κ3) is 12.2.